The van der Waals surface area contributed by atoms with Crippen molar-refractivity contribution in [1.29, 1.82) is 5.41 Å². The Balaban J connectivity index is 2.24. The maximum Gasteiger partial charge on any atom is 0.157 e. The molecule has 0 saturated heterocycles. The number of ether oxygens (including phenoxy) is 1. The summed E-state index contributed by atoms with van der Waals surface area (Å²) < 4.78 is 5.59. The van der Waals surface area contributed by atoms with Crippen LogP contribution in [0.3, 0.4) is 0 Å². The fourth-order valence-corrected chi connectivity index (χ4v) is 2.95. The van der Waals surface area contributed by atoms with E-state index >= 15 is 0 Å². The van der Waals surface area contributed by atoms with Crippen LogP contribution in [0.1, 0.15) is 37.3 Å². The molecule has 0 atom stereocenters. The molecule has 0 radical (unpaired) electrons. The highest BCUT2D eigenvalue weighted by Crippen LogP contribution is 2.56. The monoisotopic (exact) mass is 248 g/mol. The van der Waals surface area contributed by atoms with Gasteiger partial charge in [0.05, 0.1) is 17.7 Å². The first kappa shape index (κ1) is 11.3. The Morgan fingerprint density at radius 2 is 2.17 bits per heavy atom. The summed E-state index contributed by atoms with van der Waals surface area (Å²) in [4.78, 5) is 0. The van der Waals surface area contributed by atoms with Crippen LogP contribution in [-0.4, -0.2) is 27.8 Å². The molecule has 3 rings (SSSR count). The number of hydrogen-bond donors (Lipinski definition) is 3. The van der Waals surface area contributed by atoms with Gasteiger partial charge in [0.2, 0.25) is 0 Å². The molecule has 0 amide bonds. The lowest BCUT2D eigenvalue weighted by Crippen LogP contribution is -2.46. The lowest BCUT2D eigenvalue weighted by Gasteiger charge is -2.43. The molecule has 96 valence electrons. The van der Waals surface area contributed by atoms with Crippen LogP contribution < -0.4 is 4.74 Å². The predicted octanol–water partition coefficient (Wildman–Crippen LogP) is 2.20. The summed E-state index contributed by atoms with van der Waals surface area (Å²) in [6.07, 6.45) is 2.57. The number of rotatable bonds is 2. The number of nitrogens with one attached hydrogen (secondary N) is 1. The smallest absolute Gasteiger partial charge is 0.157 e. The van der Waals surface area contributed by atoms with Gasteiger partial charge in [-0.1, -0.05) is 0 Å². The zero-order valence-corrected chi connectivity index (χ0v) is 10.2. The first-order valence-electron chi connectivity index (χ1n) is 6.19. The van der Waals surface area contributed by atoms with Gasteiger partial charge in [0.25, 0.3) is 0 Å². The van der Waals surface area contributed by atoms with Crippen molar-refractivity contribution in [2.45, 2.75) is 31.7 Å². The van der Waals surface area contributed by atoms with Gasteiger partial charge >= 0.3 is 0 Å². The van der Waals surface area contributed by atoms with Crippen molar-refractivity contribution in [2.75, 3.05) is 6.61 Å². The number of phenols is 1. The van der Waals surface area contributed by atoms with E-state index in [0.717, 1.165) is 29.9 Å². The number of hydrogen-bond acceptors (Lipinski definition) is 4. The number of aromatic hydroxyl groups is 1. The lowest BCUT2D eigenvalue weighted by molar-refractivity contribution is -0.138. The van der Waals surface area contributed by atoms with Crippen molar-refractivity contribution < 1.29 is 15.1 Å². The second-order valence-corrected chi connectivity index (χ2v) is 4.81. The molecule has 1 fully saturated rings. The Kier molecular flexibility index (Phi) is 2.28. The molecule has 1 spiro atoms. The van der Waals surface area contributed by atoms with Crippen LogP contribution >= 0.6 is 0 Å². The number of benzene rings is 1. The van der Waals surface area contributed by atoms with Gasteiger partial charge in [-0.05, 0) is 38.3 Å². The molecule has 18 heavy (non-hydrogen) atoms. The van der Waals surface area contributed by atoms with Crippen molar-refractivity contribution in [1.82, 2.24) is 5.06 Å². The van der Waals surface area contributed by atoms with E-state index in [1.807, 2.05) is 6.92 Å². The number of nitrogens with zero attached hydrogens (tertiary/aromatic N) is 1. The number of amidine groups is 1. The normalized spacial score (nSPS) is 19.9. The van der Waals surface area contributed by atoms with Gasteiger partial charge in [-0.3, -0.25) is 10.6 Å². The molecular weight excluding hydrogens is 232 g/mol. The first-order chi connectivity index (χ1) is 8.62. The Morgan fingerprint density at radius 1 is 1.44 bits per heavy atom. The van der Waals surface area contributed by atoms with Crippen LogP contribution in [-0.2, 0) is 5.54 Å². The summed E-state index contributed by atoms with van der Waals surface area (Å²) in [5, 5.41) is 29.0. The van der Waals surface area contributed by atoms with Gasteiger partial charge in [0.15, 0.2) is 5.84 Å². The molecule has 1 heterocycles. The van der Waals surface area contributed by atoms with Gasteiger partial charge in [0.1, 0.15) is 11.5 Å². The van der Waals surface area contributed by atoms with Crippen molar-refractivity contribution in [2.24, 2.45) is 0 Å². The molecule has 1 saturated carbocycles. The Labute approximate surface area is 105 Å². The summed E-state index contributed by atoms with van der Waals surface area (Å²) in [5.41, 5.74) is 0.613. The van der Waals surface area contributed by atoms with E-state index in [1.165, 1.54) is 6.07 Å². The molecule has 3 N–H and O–H groups in total. The third kappa shape index (κ3) is 1.17. The van der Waals surface area contributed by atoms with Crippen LogP contribution in [0.5, 0.6) is 11.5 Å². The topological polar surface area (TPSA) is 76.8 Å². The minimum absolute atomic E-state index is 0.0290. The zero-order valence-electron chi connectivity index (χ0n) is 10.2. The fraction of sp³-hybridized carbons (Fsp3) is 0.462. The molecule has 0 bridgehead atoms. The van der Waals surface area contributed by atoms with Crippen molar-refractivity contribution in [3.05, 3.63) is 23.3 Å². The zero-order chi connectivity index (χ0) is 12.9. The standard InChI is InChI=1S/C13H16N2O3/c1-2-18-9-5-4-8(16)10-11(9)13(6-3-7-13)15(17)12(10)14/h4-5,14,16-17H,2-3,6-7H2,1H3. The Bertz CT molecular complexity index is 523. The molecular formula is C13H16N2O3. The van der Waals surface area contributed by atoms with Crippen LogP contribution in [0, 0.1) is 5.41 Å². The average Bonchev–Trinajstić information content (AvgIpc) is 2.54. The van der Waals surface area contributed by atoms with Gasteiger partial charge in [0, 0.05) is 5.56 Å². The van der Waals surface area contributed by atoms with Crippen LogP contribution in [0.15, 0.2) is 12.1 Å². The van der Waals surface area contributed by atoms with Gasteiger partial charge in [-0.15, -0.1) is 0 Å². The Hall–Kier alpha value is -1.75. The molecule has 5 nitrogen and oxygen atoms in total. The van der Waals surface area contributed by atoms with E-state index in [2.05, 4.69) is 0 Å². The summed E-state index contributed by atoms with van der Waals surface area (Å²) in [6, 6.07) is 3.23. The third-order valence-electron chi connectivity index (χ3n) is 3.95. The minimum Gasteiger partial charge on any atom is -0.507 e. The van der Waals surface area contributed by atoms with Crippen molar-refractivity contribution >= 4 is 5.84 Å². The highest BCUT2D eigenvalue weighted by atomic mass is 16.5. The largest absolute Gasteiger partial charge is 0.507 e. The number of hydroxylamine groups is 2. The van der Waals surface area contributed by atoms with E-state index in [9.17, 15) is 10.3 Å². The molecule has 1 aliphatic carbocycles. The van der Waals surface area contributed by atoms with Gasteiger partial charge in [-0.2, -0.15) is 0 Å². The van der Waals surface area contributed by atoms with Crippen LogP contribution in [0.4, 0.5) is 0 Å². The average molecular weight is 248 g/mol. The van der Waals surface area contributed by atoms with Gasteiger partial charge in [-0.25, -0.2) is 5.06 Å². The summed E-state index contributed by atoms with van der Waals surface area (Å²) >= 11 is 0. The molecule has 1 aromatic rings. The number of phenolic OH excluding ortho intramolecular Hbond substituents is 1. The molecule has 1 aliphatic heterocycles. The number of fused-ring (bicyclic) bond motifs is 2. The predicted molar refractivity (Wildman–Crippen MR) is 65.3 cm³/mol. The van der Waals surface area contributed by atoms with Gasteiger partial charge < -0.3 is 9.84 Å². The molecule has 0 unspecified atom stereocenters. The van der Waals surface area contributed by atoms with E-state index in [0.29, 0.717) is 17.9 Å². The maximum absolute atomic E-state index is 10.1. The minimum atomic E-state index is -0.560. The van der Waals surface area contributed by atoms with E-state index < -0.39 is 5.54 Å². The van der Waals surface area contributed by atoms with E-state index in [-0.39, 0.29) is 11.6 Å². The summed E-state index contributed by atoms with van der Waals surface area (Å²) in [5.74, 6) is 0.649. The fourth-order valence-electron chi connectivity index (χ4n) is 2.95. The highest BCUT2D eigenvalue weighted by Gasteiger charge is 2.54. The molecule has 5 heteroatoms. The lowest BCUT2D eigenvalue weighted by atomic mass is 9.72. The maximum atomic E-state index is 10.1. The van der Waals surface area contributed by atoms with Crippen molar-refractivity contribution in [3.8, 4) is 11.5 Å². The highest BCUT2D eigenvalue weighted by molar-refractivity contribution is 6.04. The SMILES string of the molecule is CCOc1ccc(O)c2c1C1(CCC1)N(O)C2=N. The van der Waals surface area contributed by atoms with Crippen LogP contribution in [0.2, 0.25) is 0 Å². The molecule has 0 aromatic heterocycles. The quantitative estimate of drug-likeness (QED) is 0.750. The van der Waals surface area contributed by atoms with E-state index in [4.69, 9.17) is 10.1 Å². The third-order valence-corrected chi connectivity index (χ3v) is 3.95. The molecule has 2 aliphatic rings. The summed E-state index contributed by atoms with van der Waals surface area (Å²) in [7, 11) is 0. The van der Waals surface area contributed by atoms with E-state index in [1.54, 1.807) is 6.07 Å². The first-order valence-corrected chi connectivity index (χ1v) is 6.19. The second-order valence-electron chi connectivity index (χ2n) is 4.81. The summed E-state index contributed by atoms with van der Waals surface area (Å²) in [6.45, 7) is 2.41. The second kappa shape index (κ2) is 3.62. The van der Waals surface area contributed by atoms with Crippen LogP contribution in [0.25, 0.3) is 0 Å². The Morgan fingerprint density at radius 3 is 2.72 bits per heavy atom. The molecule has 1 aromatic carbocycles. The van der Waals surface area contributed by atoms with Crippen molar-refractivity contribution in [3.63, 3.8) is 0 Å².